The van der Waals surface area contributed by atoms with E-state index >= 15 is 0 Å². The summed E-state index contributed by atoms with van der Waals surface area (Å²) >= 11 is 0. The molecule has 0 aliphatic heterocycles. The summed E-state index contributed by atoms with van der Waals surface area (Å²) in [4.78, 5) is 30.1. The van der Waals surface area contributed by atoms with Gasteiger partial charge in [0, 0.05) is 99.2 Å². The molecule has 608 valence electrons. The van der Waals surface area contributed by atoms with Crippen molar-refractivity contribution in [2.75, 3.05) is 0 Å². The van der Waals surface area contributed by atoms with Crippen LogP contribution in [0.25, 0.3) is 234 Å². The number of benzene rings is 19. The number of para-hydroxylation sites is 5. The van der Waals surface area contributed by atoms with Gasteiger partial charge in [-0.1, -0.05) is 328 Å². The second-order valence-corrected chi connectivity index (χ2v) is 32.9. The van der Waals surface area contributed by atoms with E-state index in [4.69, 9.17) is 29.9 Å². The highest BCUT2D eigenvalue weighted by Gasteiger charge is 2.23. The molecule has 0 spiro atoms. The van der Waals surface area contributed by atoms with Gasteiger partial charge in [-0.05, 0) is 201 Å². The molecule has 0 saturated carbocycles. The minimum Gasteiger partial charge on any atom is -0.309 e. The Morgan fingerprint density at radius 2 is 0.262 bits per heavy atom. The number of aromatic nitrogens is 10. The van der Waals surface area contributed by atoms with Crippen LogP contribution in [0.4, 0.5) is 0 Å². The highest BCUT2D eigenvalue weighted by molar-refractivity contribution is 6.15. The van der Waals surface area contributed by atoms with Gasteiger partial charge in [0.25, 0.3) is 0 Å². The van der Waals surface area contributed by atoms with Gasteiger partial charge in [0.1, 0.15) is 0 Å². The molecule has 10 nitrogen and oxygen atoms in total. The van der Waals surface area contributed by atoms with Gasteiger partial charge in [-0.25, -0.2) is 29.9 Å². The van der Waals surface area contributed by atoms with Crippen LogP contribution in [0.1, 0.15) is 0 Å². The molecule has 0 N–H and O–H groups in total. The van der Waals surface area contributed by atoms with Gasteiger partial charge in [0.15, 0.2) is 34.9 Å². The Balaban J connectivity index is 0.000000145. The Hall–Kier alpha value is -17.6. The van der Waals surface area contributed by atoms with Crippen molar-refractivity contribution in [1.29, 1.82) is 0 Å². The second-order valence-electron chi connectivity index (χ2n) is 32.9. The van der Waals surface area contributed by atoms with E-state index in [0.29, 0.717) is 34.9 Å². The lowest BCUT2D eigenvalue weighted by atomic mass is 10.0. The van der Waals surface area contributed by atoms with Crippen molar-refractivity contribution < 1.29 is 0 Å². The van der Waals surface area contributed by atoms with Crippen LogP contribution < -0.4 is 0 Å². The molecule has 0 unspecified atom stereocenters. The summed E-state index contributed by atoms with van der Waals surface area (Å²) in [5.41, 5.74) is 31.2. The van der Waals surface area contributed by atoms with Crippen molar-refractivity contribution in [2.24, 2.45) is 0 Å². The zero-order valence-electron chi connectivity index (χ0n) is 70.5. The van der Waals surface area contributed by atoms with Crippen LogP contribution in [-0.2, 0) is 0 Å². The highest BCUT2D eigenvalue weighted by Crippen LogP contribution is 2.43. The van der Waals surface area contributed by atoms with Crippen LogP contribution in [0.3, 0.4) is 0 Å². The monoisotopic (exact) mass is 1660 g/mol. The first kappa shape index (κ1) is 76.1. The molecule has 6 aromatic heterocycles. The van der Waals surface area contributed by atoms with Crippen LogP contribution in [0.15, 0.2) is 473 Å². The summed E-state index contributed by atoms with van der Waals surface area (Å²) < 4.78 is 9.47. The first-order valence-corrected chi connectivity index (χ1v) is 43.9. The summed E-state index contributed by atoms with van der Waals surface area (Å²) in [6.07, 6.45) is 0. The maximum atomic E-state index is 5.12. The van der Waals surface area contributed by atoms with Gasteiger partial charge < -0.3 is 18.3 Å². The van der Waals surface area contributed by atoms with Gasteiger partial charge in [-0.2, -0.15) is 0 Å². The fraction of sp³-hybridized carbons (Fsp3) is 0. The van der Waals surface area contributed by atoms with Gasteiger partial charge in [-0.15, -0.1) is 0 Å². The van der Waals surface area contributed by atoms with Crippen LogP contribution in [0.2, 0.25) is 0 Å². The third-order valence-electron chi connectivity index (χ3n) is 25.2. The van der Waals surface area contributed by atoms with Crippen LogP contribution in [-0.4, -0.2) is 48.2 Å². The lowest BCUT2D eigenvalue weighted by Gasteiger charge is -2.11. The Bertz CT molecular complexity index is 8410. The van der Waals surface area contributed by atoms with Gasteiger partial charge in [0.05, 0.1) is 44.1 Å². The van der Waals surface area contributed by atoms with Crippen molar-refractivity contribution in [1.82, 2.24) is 48.2 Å². The lowest BCUT2D eigenvalue weighted by molar-refractivity contribution is 1.07. The van der Waals surface area contributed by atoms with E-state index in [1.165, 1.54) is 110 Å². The Morgan fingerprint density at radius 1 is 0.108 bits per heavy atom. The van der Waals surface area contributed by atoms with E-state index < -0.39 is 0 Å². The van der Waals surface area contributed by atoms with E-state index in [1.807, 2.05) is 72.8 Å². The standard InChI is InChI=1S/C63H41N5.C57H37N5/c1-4-14-42(15-5-1)44-24-28-46(29-25-44)61-64-62(47-30-26-45(27-31-47)43-16-6-2-7-17-43)66-63(65-61)48-32-36-52(37-33-48)68-58-23-13-11-21-54(58)56-41-50(35-39-60(56)68)49-34-38-59-55(40-49)53-20-10-12-22-57(53)67(59)51-18-8-3-9-19-51;1-4-14-38(15-5-1)39-24-30-45(31-25-39)61-51-22-12-10-20-47(51)49-36-43(28-34-53(49)61)44-29-35-54-50(37-44)48-21-11-13-23-52(48)62(54)46-32-26-42(27-33-46)57-59-55(40-16-6-2-7-17-40)58-56(60-57)41-18-8-3-9-19-41/h1-41H;1-37H. The highest BCUT2D eigenvalue weighted by atomic mass is 15.1. The molecule has 0 saturated heterocycles. The van der Waals surface area contributed by atoms with Crippen molar-refractivity contribution in [3.8, 4) is 147 Å². The first-order chi connectivity index (χ1) is 64.4. The number of hydrogen-bond acceptors (Lipinski definition) is 6. The lowest BCUT2D eigenvalue weighted by Crippen LogP contribution is -2.00. The summed E-state index contributed by atoms with van der Waals surface area (Å²) in [5, 5.41) is 9.79. The predicted molar refractivity (Wildman–Crippen MR) is 537 cm³/mol. The van der Waals surface area contributed by atoms with Gasteiger partial charge in [-0.3, -0.25) is 0 Å². The van der Waals surface area contributed by atoms with E-state index in [1.54, 1.807) is 0 Å². The van der Waals surface area contributed by atoms with E-state index in [2.05, 4.69) is 419 Å². The molecule has 6 heterocycles. The molecule has 0 aliphatic carbocycles. The average molecular weight is 1660 g/mol. The molecule has 19 aromatic carbocycles. The minimum atomic E-state index is 0.617. The number of hydrogen-bond donors (Lipinski definition) is 0. The summed E-state index contributed by atoms with van der Waals surface area (Å²) in [7, 11) is 0. The Kier molecular flexibility index (Phi) is 19.0. The second kappa shape index (κ2) is 32.5. The van der Waals surface area contributed by atoms with Crippen LogP contribution in [0, 0.1) is 0 Å². The maximum Gasteiger partial charge on any atom is 0.164 e. The number of fused-ring (bicyclic) bond motifs is 12. The third kappa shape index (κ3) is 13.9. The molecular weight excluding hydrogens is 1580 g/mol. The minimum absolute atomic E-state index is 0.617. The van der Waals surface area contributed by atoms with E-state index in [0.717, 1.165) is 89.3 Å². The van der Waals surface area contributed by atoms with Gasteiger partial charge >= 0.3 is 0 Å². The van der Waals surface area contributed by atoms with Gasteiger partial charge in [0.2, 0.25) is 0 Å². The first-order valence-electron chi connectivity index (χ1n) is 43.9. The fourth-order valence-electron chi connectivity index (χ4n) is 18.8. The summed E-state index contributed by atoms with van der Waals surface area (Å²) in [6, 6.07) is 168. The zero-order chi connectivity index (χ0) is 86.0. The molecule has 130 heavy (non-hydrogen) atoms. The molecule has 10 heteroatoms. The SMILES string of the molecule is c1ccc(-c2ccc(-c3nc(-c4ccc(-c5ccccc5)cc4)nc(-c4ccc(-n5c6ccccc6c6cc(-c7ccc8c(c7)c7ccccc7n8-c7ccccc7)ccc65)cc4)n3)cc2)cc1.c1ccc(-c2ccc(-n3c4ccccc4c4cc(-c5ccc6c(c5)c5ccccc5n6-c5ccc(-c6nc(-c7ccccc7)nc(-c7ccccc7)n6)cc5)ccc43)cc2)cc1. The maximum absolute atomic E-state index is 5.12. The quantitative estimate of drug-likeness (QED) is 0.101. The van der Waals surface area contributed by atoms with Crippen molar-refractivity contribution in [2.45, 2.75) is 0 Å². The smallest absolute Gasteiger partial charge is 0.164 e. The van der Waals surface area contributed by atoms with Crippen molar-refractivity contribution in [3.05, 3.63) is 473 Å². The molecule has 25 rings (SSSR count). The molecule has 0 fully saturated rings. The zero-order valence-corrected chi connectivity index (χ0v) is 70.5. The predicted octanol–water partition coefficient (Wildman–Crippen LogP) is 30.5. The Labute approximate surface area is 750 Å². The third-order valence-corrected chi connectivity index (χ3v) is 25.2. The summed E-state index contributed by atoms with van der Waals surface area (Å²) in [5.74, 6) is 3.80. The molecule has 25 aromatic rings. The molecule has 0 amide bonds. The molecular formula is C120H78N10. The topological polar surface area (TPSA) is 97.1 Å². The number of rotatable bonds is 15. The molecule has 0 atom stereocenters. The van der Waals surface area contributed by atoms with Crippen LogP contribution >= 0.6 is 0 Å². The van der Waals surface area contributed by atoms with E-state index in [9.17, 15) is 0 Å². The fourth-order valence-corrected chi connectivity index (χ4v) is 18.8. The van der Waals surface area contributed by atoms with Crippen molar-refractivity contribution in [3.63, 3.8) is 0 Å². The number of nitrogens with zero attached hydrogens (tertiary/aromatic N) is 10. The Morgan fingerprint density at radius 3 is 0.508 bits per heavy atom. The van der Waals surface area contributed by atoms with E-state index in [-0.39, 0.29) is 0 Å². The average Bonchev–Trinajstić information content (AvgIpc) is 1.59. The molecule has 0 aliphatic rings. The van der Waals surface area contributed by atoms with Crippen LogP contribution in [0.5, 0.6) is 0 Å². The van der Waals surface area contributed by atoms with Crippen molar-refractivity contribution >= 4 is 87.2 Å². The largest absolute Gasteiger partial charge is 0.309 e. The molecule has 0 bridgehead atoms. The summed E-state index contributed by atoms with van der Waals surface area (Å²) in [6.45, 7) is 0. The normalized spacial score (nSPS) is 11.5. The molecule has 0 radical (unpaired) electrons.